The second-order valence-corrected chi connectivity index (χ2v) is 9.37. The van der Waals surface area contributed by atoms with Crippen molar-refractivity contribution in [1.29, 1.82) is 0 Å². The van der Waals surface area contributed by atoms with E-state index in [0.29, 0.717) is 18.0 Å². The lowest BCUT2D eigenvalue weighted by Crippen LogP contribution is -2.38. The molecular formula is C26H39N3O4. The van der Waals surface area contributed by atoms with Crippen LogP contribution in [0, 0.1) is 6.92 Å². The molecule has 1 aromatic heterocycles. The van der Waals surface area contributed by atoms with E-state index >= 15 is 0 Å². The van der Waals surface area contributed by atoms with Crippen LogP contribution in [0.2, 0.25) is 0 Å². The second kappa shape index (κ2) is 10.5. The number of carbonyl (C=O) groups is 2. The predicted octanol–water partition coefficient (Wildman–Crippen LogP) is 3.68. The average molecular weight is 458 g/mol. The Morgan fingerprint density at radius 1 is 1.15 bits per heavy atom. The first kappa shape index (κ1) is 26.6. The van der Waals surface area contributed by atoms with Crippen LogP contribution in [0.3, 0.4) is 0 Å². The molecule has 4 N–H and O–H groups in total. The van der Waals surface area contributed by atoms with Gasteiger partial charge in [0, 0.05) is 24.7 Å². The van der Waals surface area contributed by atoms with E-state index in [2.05, 4.69) is 19.2 Å². The fourth-order valence-corrected chi connectivity index (χ4v) is 4.11. The van der Waals surface area contributed by atoms with Crippen molar-refractivity contribution < 1.29 is 19.4 Å². The molecule has 1 heterocycles. The number of nitrogens with two attached hydrogens (primary N) is 1. The highest BCUT2D eigenvalue weighted by atomic mass is 16.5. The van der Waals surface area contributed by atoms with Crippen LogP contribution in [0.5, 0.6) is 5.75 Å². The highest BCUT2D eigenvalue weighted by Gasteiger charge is 2.33. The monoisotopic (exact) mass is 457 g/mol. The number of benzene rings is 1. The Balaban J connectivity index is 2.47. The van der Waals surface area contributed by atoms with E-state index in [0.717, 1.165) is 29.5 Å². The summed E-state index contributed by atoms with van der Waals surface area (Å²) in [6.45, 7) is 13.9. The minimum atomic E-state index is -0.983. The fourth-order valence-electron chi connectivity index (χ4n) is 4.11. The molecule has 0 spiro atoms. The van der Waals surface area contributed by atoms with E-state index in [1.165, 1.54) is 0 Å². The molecule has 1 aromatic carbocycles. The number of nitrogens with one attached hydrogen (secondary N) is 1. The summed E-state index contributed by atoms with van der Waals surface area (Å²) < 4.78 is 7.38. The first-order valence-electron chi connectivity index (χ1n) is 11.7. The summed E-state index contributed by atoms with van der Waals surface area (Å²) in [5.74, 6) is -0.175. The molecular weight excluding hydrogens is 418 g/mol. The molecule has 1 amide bonds. The van der Waals surface area contributed by atoms with Crippen LogP contribution < -0.4 is 15.8 Å². The largest absolute Gasteiger partial charge is 0.425 e. The molecule has 0 radical (unpaired) electrons. The fraction of sp³-hybridized carbons (Fsp3) is 0.538. The van der Waals surface area contributed by atoms with Crippen molar-refractivity contribution in [2.45, 2.75) is 84.9 Å². The zero-order chi connectivity index (χ0) is 25.0. The molecule has 0 fully saturated rings. The van der Waals surface area contributed by atoms with Crippen molar-refractivity contribution in [3.63, 3.8) is 0 Å². The van der Waals surface area contributed by atoms with Crippen molar-refractivity contribution in [1.82, 2.24) is 9.88 Å². The van der Waals surface area contributed by atoms with E-state index in [-0.39, 0.29) is 17.9 Å². The minimum absolute atomic E-state index is 0.170. The predicted molar refractivity (Wildman–Crippen MR) is 131 cm³/mol. The maximum Gasteiger partial charge on any atom is 0.328 e. The van der Waals surface area contributed by atoms with Gasteiger partial charge in [-0.15, -0.1) is 0 Å². The normalized spacial score (nSPS) is 13.0. The topological polar surface area (TPSA) is 107 Å². The van der Waals surface area contributed by atoms with Crippen molar-refractivity contribution in [3.8, 4) is 5.75 Å². The van der Waals surface area contributed by atoms with Crippen LogP contribution in [0.25, 0.3) is 0 Å². The van der Waals surface area contributed by atoms with Gasteiger partial charge >= 0.3 is 5.97 Å². The molecule has 0 saturated heterocycles. The molecule has 7 heteroatoms. The number of hydrogen-bond acceptors (Lipinski definition) is 5. The Labute approximate surface area is 197 Å². The Morgan fingerprint density at radius 2 is 1.79 bits per heavy atom. The summed E-state index contributed by atoms with van der Waals surface area (Å²) >= 11 is 0. The third-order valence-electron chi connectivity index (χ3n) is 6.22. The van der Waals surface area contributed by atoms with Crippen LogP contribution in [-0.4, -0.2) is 39.7 Å². The molecule has 33 heavy (non-hydrogen) atoms. The quantitative estimate of drug-likeness (QED) is 0.373. The van der Waals surface area contributed by atoms with Crippen LogP contribution in [0.1, 0.15) is 81.6 Å². The molecule has 182 valence electrons. The standard InChI is InChI=1S/C26H39N3O4/c1-8-26(9-2,19-11-12-22(17(4)13-19)33-24(31)18(5)27)20-14-21(29(10-3)15-20)23(30)28-16-25(6,7)32/h11-15,18,32H,8-10,16,27H2,1-7H3,(H,28,30)/t18-/m0/s1. The average Bonchev–Trinajstić information content (AvgIpc) is 3.19. The van der Waals surface area contributed by atoms with Gasteiger partial charge in [0.2, 0.25) is 0 Å². The van der Waals surface area contributed by atoms with E-state index in [1.807, 2.05) is 48.9 Å². The third kappa shape index (κ3) is 6.03. The summed E-state index contributed by atoms with van der Waals surface area (Å²) in [5, 5.41) is 12.8. The molecule has 0 aliphatic heterocycles. The molecule has 0 aliphatic rings. The first-order chi connectivity index (χ1) is 15.4. The highest BCUT2D eigenvalue weighted by Crippen LogP contribution is 2.41. The Bertz CT molecular complexity index is 982. The summed E-state index contributed by atoms with van der Waals surface area (Å²) in [5.41, 5.74) is 7.92. The number of hydrogen-bond donors (Lipinski definition) is 3. The number of aryl methyl sites for hydroxylation is 2. The number of esters is 1. The van der Waals surface area contributed by atoms with Crippen LogP contribution in [-0.2, 0) is 16.8 Å². The first-order valence-corrected chi connectivity index (χ1v) is 11.7. The van der Waals surface area contributed by atoms with E-state index in [9.17, 15) is 14.7 Å². The van der Waals surface area contributed by atoms with Crippen molar-refractivity contribution in [3.05, 3.63) is 52.8 Å². The van der Waals surface area contributed by atoms with Gasteiger partial charge in [-0.05, 0) is 76.3 Å². The van der Waals surface area contributed by atoms with Gasteiger partial charge in [-0.25, -0.2) is 4.79 Å². The van der Waals surface area contributed by atoms with E-state index in [4.69, 9.17) is 10.5 Å². The molecule has 0 saturated carbocycles. The number of amides is 1. The third-order valence-corrected chi connectivity index (χ3v) is 6.22. The summed E-state index contributed by atoms with van der Waals surface area (Å²) in [6, 6.07) is 7.12. The van der Waals surface area contributed by atoms with Gasteiger partial charge in [0.25, 0.3) is 5.91 Å². The zero-order valence-corrected chi connectivity index (χ0v) is 21.0. The summed E-state index contributed by atoms with van der Waals surface area (Å²) in [4.78, 5) is 24.8. The highest BCUT2D eigenvalue weighted by molar-refractivity contribution is 5.93. The van der Waals surface area contributed by atoms with Gasteiger partial charge in [0.1, 0.15) is 17.5 Å². The van der Waals surface area contributed by atoms with Crippen molar-refractivity contribution in [2.75, 3.05) is 6.54 Å². The number of rotatable bonds is 10. The Kier molecular flexibility index (Phi) is 8.49. The molecule has 1 atom stereocenters. The molecule has 2 aromatic rings. The van der Waals surface area contributed by atoms with Crippen LogP contribution in [0.4, 0.5) is 0 Å². The molecule has 0 unspecified atom stereocenters. The number of carbonyl (C=O) groups excluding carboxylic acids is 2. The van der Waals surface area contributed by atoms with Gasteiger partial charge in [-0.2, -0.15) is 0 Å². The number of aliphatic hydroxyl groups is 1. The Hall–Kier alpha value is -2.64. The van der Waals surface area contributed by atoms with E-state index < -0.39 is 17.6 Å². The second-order valence-electron chi connectivity index (χ2n) is 9.37. The van der Waals surface area contributed by atoms with Gasteiger partial charge in [-0.3, -0.25) is 4.79 Å². The molecule has 2 rings (SSSR count). The van der Waals surface area contributed by atoms with Gasteiger partial charge in [0.15, 0.2) is 0 Å². The smallest absolute Gasteiger partial charge is 0.328 e. The molecule has 7 nitrogen and oxygen atoms in total. The maximum absolute atomic E-state index is 12.9. The lowest BCUT2D eigenvalue weighted by Gasteiger charge is -2.32. The van der Waals surface area contributed by atoms with E-state index in [1.54, 1.807) is 20.8 Å². The SMILES string of the molecule is CCn1cc(C(CC)(CC)c2ccc(OC(=O)[C@H](C)N)c(C)c2)cc1C(=O)NCC(C)(C)O. The van der Waals surface area contributed by atoms with Crippen LogP contribution >= 0.6 is 0 Å². The zero-order valence-electron chi connectivity index (χ0n) is 21.0. The van der Waals surface area contributed by atoms with Crippen LogP contribution in [0.15, 0.2) is 30.5 Å². The molecule has 0 aliphatic carbocycles. The Morgan fingerprint density at radius 3 is 2.27 bits per heavy atom. The van der Waals surface area contributed by atoms with Gasteiger partial charge in [-0.1, -0.05) is 26.0 Å². The van der Waals surface area contributed by atoms with Gasteiger partial charge in [0.05, 0.1) is 5.60 Å². The summed E-state index contributed by atoms with van der Waals surface area (Å²) in [6.07, 6.45) is 3.71. The van der Waals surface area contributed by atoms with Gasteiger partial charge < -0.3 is 25.5 Å². The van der Waals surface area contributed by atoms with Crippen molar-refractivity contribution in [2.24, 2.45) is 5.73 Å². The van der Waals surface area contributed by atoms with Crippen molar-refractivity contribution >= 4 is 11.9 Å². The number of ether oxygens (including phenoxy) is 1. The lowest BCUT2D eigenvalue weighted by atomic mass is 9.71. The lowest BCUT2D eigenvalue weighted by molar-refractivity contribution is -0.135. The maximum atomic E-state index is 12.9. The minimum Gasteiger partial charge on any atom is -0.425 e. The summed E-state index contributed by atoms with van der Waals surface area (Å²) in [7, 11) is 0. The number of nitrogens with zero attached hydrogens (tertiary/aromatic N) is 1. The number of aromatic nitrogens is 1. The molecule has 0 bridgehead atoms.